The van der Waals surface area contributed by atoms with Crippen LogP contribution < -0.4 is 5.73 Å². The molecule has 3 rings (SSSR count). The Morgan fingerprint density at radius 1 is 1.10 bits per heavy atom. The van der Waals surface area contributed by atoms with Crippen molar-refractivity contribution in [3.63, 3.8) is 0 Å². The van der Waals surface area contributed by atoms with E-state index in [0.29, 0.717) is 23.3 Å². The van der Waals surface area contributed by atoms with Crippen LogP contribution in [0.5, 0.6) is 0 Å². The molecule has 1 atom stereocenters. The summed E-state index contributed by atoms with van der Waals surface area (Å²) in [4.78, 5) is 8.93. The third-order valence-electron chi connectivity index (χ3n) is 3.31. The van der Waals surface area contributed by atoms with Crippen LogP contribution in [0.2, 0.25) is 0 Å². The van der Waals surface area contributed by atoms with Crippen LogP contribution in [-0.4, -0.2) is 15.1 Å². The van der Waals surface area contributed by atoms with E-state index >= 15 is 0 Å². The summed E-state index contributed by atoms with van der Waals surface area (Å²) in [5.41, 5.74) is 7.67. The minimum atomic E-state index is -0.230. The van der Waals surface area contributed by atoms with Gasteiger partial charge in [0.05, 0.1) is 11.6 Å². The molecule has 2 N–H and O–H groups in total. The second-order valence-corrected chi connectivity index (χ2v) is 5.58. The maximum atomic E-state index is 6.06. The normalized spacial score (nSPS) is 13.0. The maximum absolute atomic E-state index is 6.06. The number of nitrogens with zero attached hydrogens (tertiary/aromatic N) is 3. The molecule has 0 fully saturated rings. The summed E-state index contributed by atoms with van der Waals surface area (Å²) < 4.78 is 5.27. The molecule has 0 aliphatic rings. The minimum Gasteiger partial charge on any atom is -0.337 e. The third-order valence-corrected chi connectivity index (χ3v) is 3.31. The summed E-state index contributed by atoms with van der Waals surface area (Å²) in [5, 5.41) is 5.08. The van der Waals surface area contributed by atoms with Crippen LogP contribution in [0.4, 0.5) is 0 Å². The summed E-state index contributed by atoms with van der Waals surface area (Å²) in [6, 6.07) is 11.6. The van der Waals surface area contributed by atoms with Crippen LogP contribution in [0, 0.1) is 5.92 Å². The number of para-hydroxylation sites is 1. The first-order valence-corrected chi connectivity index (χ1v) is 7.09. The molecule has 2 heterocycles. The monoisotopic (exact) mass is 282 g/mol. The van der Waals surface area contributed by atoms with E-state index in [1.54, 1.807) is 0 Å². The zero-order valence-electron chi connectivity index (χ0n) is 12.2. The van der Waals surface area contributed by atoms with E-state index in [1.165, 1.54) is 0 Å². The highest BCUT2D eigenvalue weighted by atomic mass is 16.5. The molecular weight excluding hydrogens is 264 g/mol. The largest absolute Gasteiger partial charge is 0.337 e. The Kier molecular flexibility index (Phi) is 3.66. The Morgan fingerprint density at radius 2 is 1.90 bits per heavy atom. The van der Waals surface area contributed by atoms with Gasteiger partial charge in [0.2, 0.25) is 11.7 Å². The summed E-state index contributed by atoms with van der Waals surface area (Å²) in [6.45, 7) is 4.23. The average Bonchev–Trinajstić information content (AvgIpc) is 2.96. The molecule has 0 unspecified atom stereocenters. The predicted octanol–water partition coefficient (Wildman–Crippen LogP) is 3.33. The lowest BCUT2D eigenvalue weighted by atomic mass is 10.0. The number of fused-ring (bicyclic) bond motifs is 1. The Labute approximate surface area is 123 Å². The van der Waals surface area contributed by atoms with Crippen molar-refractivity contribution in [1.82, 2.24) is 15.1 Å². The standard InChI is InChI=1S/C16H18N4O/c1-10(2)9-12(17)16-19-15(20-21-16)14-8-7-11-5-3-4-6-13(11)18-14/h3-8,10,12H,9,17H2,1-2H3/t12-/m0/s1. The van der Waals surface area contributed by atoms with Crippen molar-refractivity contribution in [3.05, 3.63) is 42.3 Å². The molecule has 21 heavy (non-hydrogen) atoms. The predicted molar refractivity (Wildman–Crippen MR) is 81.4 cm³/mol. The summed E-state index contributed by atoms with van der Waals surface area (Å²) in [6.07, 6.45) is 0.812. The van der Waals surface area contributed by atoms with Crippen LogP contribution in [-0.2, 0) is 0 Å². The van der Waals surface area contributed by atoms with Crippen LogP contribution >= 0.6 is 0 Å². The Balaban J connectivity index is 1.90. The highest BCUT2D eigenvalue weighted by Crippen LogP contribution is 2.22. The zero-order valence-corrected chi connectivity index (χ0v) is 12.2. The Hall–Kier alpha value is -2.27. The molecule has 0 saturated heterocycles. The summed E-state index contributed by atoms with van der Waals surface area (Å²) in [5.74, 6) is 1.43. The van der Waals surface area contributed by atoms with Crippen LogP contribution in [0.15, 0.2) is 40.9 Å². The topological polar surface area (TPSA) is 77.8 Å². The van der Waals surface area contributed by atoms with Crippen molar-refractivity contribution in [2.45, 2.75) is 26.3 Å². The lowest BCUT2D eigenvalue weighted by Gasteiger charge is -2.08. The van der Waals surface area contributed by atoms with Gasteiger partial charge in [0, 0.05) is 5.39 Å². The number of nitrogens with two attached hydrogens (primary N) is 1. The van der Waals surface area contributed by atoms with Gasteiger partial charge in [0.25, 0.3) is 0 Å². The molecular formula is C16H18N4O. The Bertz CT molecular complexity index is 751. The van der Waals surface area contributed by atoms with Crippen molar-refractivity contribution < 1.29 is 4.52 Å². The first-order valence-electron chi connectivity index (χ1n) is 7.09. The molecule has 0 spiro atoms. The maximum Gasteiger partial charge on any atom is 0.243 e. The molecule has 108 valence electrons. The molecule has 0 saturated carbocycles. The van der Waals surface area contributed by atoms with Crippen LogP contribution in [0.1, 0.15) is 32.2 Å². The fourth-order valence-electron chi connectivity index (χ4n) is 2.29. The van der Waals surface area contributed by atoms with E-state index in [0.717, 1.165) is 17.3 Å². The van der Waals surface area contributed by atoms with Gasteiger partial charge in [0.15, 0.2) is 0 Å². The smallest absolute Gasteiger partial charge is 0.243 e. The van der Waals surface area contributed by atoms with E-state index in [4.69, 9.17) is 10.3 Å². The molecule has 0 bridgehead atoms. The van der Waals surface area contributed by atoms with Crippen molar-refractivity contribution in [2.75, 3.05) is 0 Å². The van der Waals surface area contributed by atoms with Crippen molar-refractivity contribution in [2.24, 2.45) is 11.7 Å². The summed E-state index contributed by atoms with van der Waals surface area (Å²) in [7, 11) is 0. The van der Waals surface area contributed by atoms with Gasteiger partial charge in [-0.05, 0) is 24.5 Å². The SMILES string of the molecule is CC(C)C[C@H](N)c1nc(-c2ccc3ccccc3n2)no1. The van der Waals surface area contributed by atoms with Gasteiger partial charge in [-0.25, -0.2) is 4.98 Å². The molecule has 0 radical (unpaired) electrons. The number of hydrogen-bond acceptors (Lipinski definition) is 5. The highest BCUT2D eigenvalue weighted by Gasteiger charge is 2.17. The second-order valence-electron chi connectivity index (χ2n) is 5.58. The molecule has 3 aromatic rings. The van der Waals surface area contributed by atoms with Gasteiger partial charge < -0.3 is 10.3 Å². The van der Waals surface area contributed by atoms with Gasteiger partial charge in [0.1, 0.15) is 5.69 Å². The van der Waals surface area contributed by atoms with Gasteiger partial charge in [-0.15, -0.1) is 0 Å². The van der Waals surface area contributed by atoms with Gasteiger partial charge in [-0.1, -0.05) is 43.3 Å². The molecule has 2 aromatic heterocycles. The van der Waals surface area contributed by atoms with Gasteiger partial charge >= 0.3 is 0 Å². The number of rotatable bonds is 4. The summed E-state index contributed by atoms with van der Waals surface area (Å²) >= 11 is 0. The van der Waals surface area contributed by atoms with Gasteiger partial charge in [-0.3, -0.25) is 0 Å². The number of aromatic nitrogens is 3. The molecule has 0 aliphatic carbocycles. The number of benzene rings is 1. The Morgan fingerprint density at radius 3 is 2.71 bits per heavy atom. The number of pyridine rings is 1. The molecule has 1 aromatic carbocycles. The van der Waals surface area contributed by atoms with E-state index in [9.17, 15) is 0 Å². The quantitative estimate of drug-likeness (QED) is 0.794. The van der Waals surface area contributed by atoms with Gasteiger partial charge in [-0.2, -0.15) is 4.98 Å². The molecule has 0 aliphatic heterocycles. The molecule has 5 nitrogen and oxygen atoms in total. The number of hydrogen-bond donors (Lipinski definition) is 1. The van der Waals surface area contributed by atoms with E-state index in [2.05, 4.69) is 29.0 Å². The first kappa shape index (κ1) is 13.7. The first-order chi connectivity index (χ1) is 10.1. The minimum absolute atomic E-state index is 0.230. The van der Waals surface area contributed by atoms with Crippen molar-refractivity contribution >= 4 is 10.9 Å². The van der Waals surface area contributed by atoms with E-state index in [1.807, 2.05) is 36.4 Å². The fraction of sp³-hybridized carbons (Fsp3) is 0.312. The van der Waals surface area contributed by atoms with Crippen molar-refractivity contribution in [1.29, 1.82) is 0 Å². The van der Waals surface area contributed by atoms with Crippen molar-refractivity contribution in [3.8, 4) is 11.5 Å². The lowest BCUT2D eigenvalue weighted by molar-refractivity contribution is 0.335. The zero-order chi connectivity index (χ0) is 14.8. The third kappa shape index (κ3) is 2.92. The molecule has 0 amide bonds. The van der Waals surface area contributed by atoms with Crippen LogP contribution in [0.25, 0.3) is 22.4 Å². The second kappa shape index (κ2) is 5.61. The highest BCUT2D eigenvalue weighted by molar-refractivity contribution is 5.80. The van der Waals surface area contributed by atoms with E-state index < -0.39 is 0 Å². The van der Waals surface area contributed by atoms with Crippen LogP contribution in [0.3, 0.4) is 0 Å². The molecule has 5 heteroatoms. The lowest BCUT2D eigenvalue weighted by Crippen LogP contribution is -2.13. The average molecular weight is 282 g/mol. The fourth-order valence-corrected chi connectivity index (χ4v) is 2.29. The van der Waals surface area contributed by atoms with E-state index in [-0.39, 0.29) is 6.04 Å².